The predicted octanol–water partition coefficient (Wildman–Crippen LogP) is 5.49. The van der Waals surface area contributed by atoms with Crippen LogP contribution < -0.4 is 9.46 Å². The summed E-state index contributed by atoms with van der Waals surface area (Å²) < 4.78 is 23.1. The van der Waals surface area contributed by atoms with Gasteiger partial charge in [0.15, 0.2) is 11.6 Å². The van der Waals surface area contributed by atoms with Gasteiger partial charge in [0, 0.05) is 11.8 Å². The summed E-state index contributed by atoms with van der Waals surface area (Å²) in [6.07, 6.45) is 7.42. The van der Waals surface area contributed by atoms with Crippen molar-refractivity contribution in [3.8, 4) is 5.75 Å². The van der Waals surface area contributed by atoms with Gasteiger partial charge in [0.1, 0.15) is 0 Å². The van der Waals surface area contributed by atoms with Crippen molar-refractivity contribution >= 4 is 11.9 Å². The maximum Gasteiger partial charge on any atom is 0.165 e. The van der Waals surface area contributed by atoms with E-state index in [0.717, 1.165) is 11.3 Å². The minimum absolute atomic E-state index is 0.191. The lowest BCUT2D eigenvalue weighted by Gasteiger charge is -2.16. The molecule has 1 unspecified atom stereocenters. The van der Waals surface area contributed by atoms with E-state index in [-0.39, 0.29) is 11.9 Å². The van der Waals surface area contributed by atoms with Gasteiger partial charge in [-0.1, -0.05) is 44.2 Å². The number of nitrogens with one attached hydrogen (secondary N) is 1. The molecular formula is C18H28FNOS. The van der Waals surface area contributed by atoms with Crippen LogP contribution in [0.5, 0.6) is 5.75 Å². The Balaban J connectivity index is 1.87. The zero-order valence-corrected chi connectivity index (χ0v) is 14.6. The van der Waals surface area contributed by atoms with Crippen LogP contribution in [0.1, 0.15) is 64.0 Å². The van der Waals surface area contributed by atoms with Gasteiger partial charge in [-0.3, -0.25) is 4.72 Å². The summed E-state index contributed by atoms with van der Waals surface area (Å²) in [5.41, 5.74) is 1.08. The summed E-state index contributed by atoms with van der Waals surface area (Å²) in [5.74, 6) is 1.85. The summed E-state index contributed by atoms with van der Waals surface area (Å²) in [6, 6.07) is 5.41. The molecule has 1 aliphatic carbocycles. The molecule has 1 atom stereocenters. The number of halogens is 1. The Morgan fingerprint density at radius 1 is 1.36 bits per heavy atom. The number of hydrogen-bond donors (Lipinski definition) is 1. The second-order valence-electron chi connectivity index (χ2n) is 6.19. The second kappa shape index (κ2) is 9.41. The average molecular weight is 325 g/mol. The van der Waals surface area contributed by atoms with Crippen LogP contribution >= 0.6 is 11.9 Å². The van der Waals surface area contributed by atoms with Crippen molar-refractivity contribution in [2.24, 2.45) is 5.92 Å². The van der Waals surface area contributed by atoms with E-state index in [2.05, 4.69) is 18.6 Å². The molecule has 0 amide bonds. The van der Waals surface area contributed by atoms with E-state index in [1.807, 2.05) is 12.1 Å². The molecule has 0 saturated heterocycles. The minimum Gasteiger partial charge on any atom is -0.490 e. The van der Waals surface area contributed by atoms with E-state index in [4.69, 9.17) is 4.74 Å². The molecule has 2 rings (SSSR count). The number of ether oxygens (including phenoxy) is 1. The van der Waals surface area contributed by atoms with Gasteiger partial charge >= 0.3 is 0 Å². The first-order valence-electron chi connectivity index (χ1n) is 8.50. The topological polar surface area (TPSA) is 21.3 Å². The quantitative estimate of drug-likeness (QED) is 0.479. The molecule has 4 heteroatoms. The summed E-state index contributed by atoms with van der Waals surface area (Å²) >= 11 is 1.74. The van der Waals surface area contributed by atoms with Crippen molar-refractivity contribution in [1.82, 2.24) is 4.72 Å². The van der Waals surface area contributed by atoms with E-state index in [1.165, 1.54) is 44.6 Å². The molecule has 0 heterocycles. The Hall–Kier alpha value is -0.740. The molecule has 1 N–H and O–H groups in total. The molecular weight excluding hydrogens is 297 g/mol. The SMILES string of the molecule is CCCCSNC(C)c1ccc(F)c(OCC2CCCC2)c1. The van der Waals surface area contributed by atoms with Crippen molar-refractivity contribution < 1.29 is 9.13 Å². The molecule has 0 radical (unpaired) electrons. The number of benzene rings is 1. The van der Waals surface area contributed by atoms with Crippen LogP contribution in [0.3, 0.4) is 0 Å². The van der Waals surface area contributed by atoms with E-state index in [9.17, 15) is 4.39 Å². The molecule has 0 aromatic heterocycles. The highest BCUT2D eigenvalue weighted by molar-refractivity contribution is 7.97. The lowest BCUT2D eigenvalue weighted by atomic mass is 10.1. The van der Waals surface area contributed by atoms with E-state index in [0.29, 0.717) is 18.3 Å². The highest BCUT2D eigenvalue weighted by atomic mass is 32.2. The van der Waals surface area contributed by atoms with Crippen LogP contribution in [-0.2, 0) is 0 Å². The Bertz CT molecular complexity index is 449. The molecule has 124 valence electrons. The molecule has 1 aliphatic rings. The van der Waals surface area contributed by atoms with Crippen molar-refractivity contribution in [3.63, 3.8) is 0 Å². The maximum absolute atomic E-state index is 13.9. The van der Waals surface area contributed by atoms with Gasteiger partial charge < -0.3 is 4.74 Å². The zero-order valence-electron chi connectivity index (χ0n) is 13.7. The van der Waals surface area contributed by atoms with Gasteiger partial charge in [-0.25, -0.2) is 4.39 Å². The van der Waals surface area contributed by atoms with Crippen LogP contribution in [0.15, 0.2) is 18.2 Å². The van der Waals surface area contributed by atoms with Gasteiger partial charge in [-0.15, -0.1) is 0 Å². The lowest BCUT2D eigenvalue weighted by molar-refractivity contribution is 0.242. The molecule has 2 nitrogen and oxygen atoms in total. The molecule has 0 bridgehead atoms. The van der Waals surface area contributed by atoms with Crippen LogP contribution in [0.4, 0.5) is 4.39 Å². The Morgan fingerprint density at radius 2 is 2.14 bits per heavy atom. The fraction of sp³-hybridized carbons (Fsp3) is 0.667. The van der Waals surface area contributed by atoms with Gasteiger partial charge in [-0.2, -0.15) is 0 Å². The van der Waals surface area contributed by atoms with Gasteiger partial charge in [0.25, 0.3) is 0 Å². The summed E-state index contributed by atoms with van der Waals surface area (Å²) in [6.45, 7) is 4.94. The first-order valence-corrected chi connectivity index (χ1v) is 9.48. The summed E-state index contributed by atoms with van der Waals surface area (Å²) in [5, 5.41) is 0. The monoisotopic (exact) mass is 325 g/mol. The highest BCUT2D eigenvalue weighted by Gasteiger charge is 2.17. The molecule has 0 spiro atoms. The van der Waals surface area contributed by atoms with Crippen molar-refractivity contribution in [2.75, 3.05) is 12.4 Å². The molecule has 1 fully saturated rings. The average Bonchev–Trinajstić information content (AvgIpc) is 3.04. The van der Waals surface area contributed by atoms with Crippen molar-refractivity contribution in [3.05, 3.63) is 29.6 Å². The fourth-order valence-corrected chi connectivity index (χ4v) is 3.69. The number of unbranched alkanes of at least 4 members (excludes halogenated alkanes) is 1. The fourth-order valence-electron chi connectivity index (χ4n) is 2.75. The molecule has 1 saturated carbocycles. The molecule has 0 aliphatic heterocycles. The molecule has 22 heavy (non-hydrogen) atoms. The first kappa shape index (κ1) is 17.6. The van der Waals surface area contributed by atoms with Gasteiger partial charge in [0.05, 0.1) is 6.61 Å². The largest absolute Gasteiger partial charge is 0.490 e. The van der Waals surface area contributed by atoms with E-state index in [1.54, 1.807) is 11.9 Å². The van der Waals surface area contributed by atoms with Crippen molar-refractivity contribution in [1.29, 1.82) is 0 Å². The van der Waals surface area contributed by atoms with Crippen LogP contribution in [0.25, 0.3) is 0 Å². The zero-order chi connectivity index (χ0) is 15.8. The Labute approximate surface area is 138 Å². The van der Waals surface area contributed by atoms with Gasteiger partial charge in [-0.05, 0) is 49.8 Å². The number of hydrogen-bond acceptors (Lipinski definition) is 3. The van der Waals surface area contributed by atoms with Crippen LogP contribution in [-0.4, -0.2) is 12.4 Å². The van der Waals surface area contributed by atoms with Crippen LogP contribution in [0, 0.1) is 11.7 Å². The normalized spacial score (nSPS) is 16.9. The third-order valence-electron chi connectivity index (χ3n) is 4.26. The number of rotatable bonds is 9. The third kappa shape index (κ3) is 5.47. The Morgan fingerprint density at radius 3 is 2.86 bits per heavy atom. The maximum atomic E-state index is 13.9. The predicted molar refractivity (Wildman–Crippen MR) is 92.8 cm³/mol. The lowest BCUT2D eigenvalue weighted by Crippen LogP contribution is -2.13. The minimum atomic E-state index is -0.257. The molecule has 1 aromatic carbocycles. The van der Waals surface area contributed by atoms with Crippen LogP contribution in [0.2, 0.25) is 0 Å². The van der Waals surface area contributed by atoms with Gasteiger partial charge in [0.2, 0.25) is 0 Å². The first-order chi connectivity index (χ1) is 10.7. The summed E-state index contributed by atoms with van der Waals surface area (Å²) in [7, 11) is 0. The molecule has 1 aromatic rings. The standard InChI is InChI=1S/C18H28FNOS/c1-3-4-11-22-20-14(2)16-9-10-17(19)18(12-16)21-13-15-7-5-6-8-15/h9-10,12,14-15,20H,3-8,11,13H2,1-2H3. The third-order valence-corrected chi connectivity index (χ3v) is 5.28. The second-order valence-corrected chi connectivity index (χ2v) is 7.13. The van der Waals surface area contributed by atoms with Crippen molar-refractivity contribution in [2.45, 2.75) is 58.4 Å². The summed E-state index contributed by atoms with van der Waals surface area (Å²) in [4.78, 5) is 0. The van der Waals surface area contributed by atoms with E-state index >= 15 is 0 Å². The highest BCUT2D eigenvalue weighted by Crippen LogP contribution is 2.28. The smallest absolute Gasteiger partial charge is 0.165 e. The van der Waals surface area contributed by atoms with E-state index < -0.39 is 0 Å². The Kier molecular flexibility index (Phi) is 7.53.